The summed E-state index contributed by atoms with van der Waals surface area (Å²) >= 11 is 0. The first-order chi connectivity index (χ1) is 13.3. The molecule has 0 aliphatic rings. The Labute approximate surface area is 162 Å². The van der Waals surface area contributed by atoms with Crippen LogP contribution in [0.15, 0.2) is 51.8 Å². The largest absolute Gasteiger partial charge is 0.496 e. The second-order valence-electron chi connectivity index (χ2n) is 6.24. The van der Waals surface area contributed by atoms with Crippen LogP contribution >= 0.6 is 0 Å². The van der Waals surface area contributed by atoms with Crippen molar-refractivity contribution in [2.45, 2.75) is 18.2 Å². The fourth-order valence-electron chi connectivity index (χ4n) is 2.65. The molecule has 1 aromatic heterocycles. The maximum absolute atomic E-state index is 12.2. The van der Waals surface area contributed by atoms with E-state index in [0.717, 1.165) is 23.1 Å². The van der Waals surface area contributed by atoms with Crippen molar-refractivity contribution >= 4 is 21.8 Å². The number of carbonyl (C=O) groups excluding carboxylic acids is 1. The molecular weight excluding hydrogens is 382 g/mol. The van der Waals surface area contributed by atoms with Gasteiger partial charge in [0.1, 0.15) is 5.75 Å². The average Bonchev–Trinajstić information content (AvgIpc) is 3.09. The number of amides is 1. The lowest BCUT2D eigenvalue weighted by Gasteiger charge is -2.07. The summed E-state index contributed by atoms with van der Waals surface area (Å²) in [6, 6.07) is 11.6. The Balaban J connectivity index is 1.71. The first-order valence-electron chi connectivity index (χ1n) is 8.33. The summed E-state index contributed by atoms with van der Waals surface area (Å²) in [5, 5.41) is 10.2. The highest BCUT2D eigenvalue weighted by Crippen LogP contribution is 2.23. The Morgan fingerprint density at radius 2 is 1.96 bits per heavy atom. The van der Waals surface area contributed by atoms with Crippen LogP contribution in [-0.4, -0.2) is 37.9 Å². The van der Waals surface area contributed by atoms with Crippen LogP contribution in [0.4, 0.5) is 6.01 Å². The summed E-state index contributed by atoms with van der Waals surface area (Å²) in [4.78, 5) is 12.4. The summed E-state index contributed by atoms with van der Waals surface area (Å²) < 4.78 is 34.0. The van der Waals surface area contributed by atoms with Crippen molar-refractivity contribution in [1.29, 1.82) is 0 Å². The van der Waals surface area contributed by atoms with E-state index in [0.29, 0.717) is 5.56 Å². The van der Waals surface area contributed by atoms with Gasteiger partial charge >= 0.3 is 6.01 Å². The molecule has 0 atom stereocenters. The van der Waals surface area contributed by atoms with Gasteiger partial charge in [-0.05, 0) is 42.3 Å². The summed E-state index contributed by atoms with van der Waals surface area (Å²) in [6.07, 6.45) is 1.25. The van der Waals surface area contributed by atoms with Crippen LogP contribution in [0, 0.1) is 6.92 Å². The van der Waals surface area contributed by atoms with Gasteiger partial charge in [-0.3, -0.25) is 10.1 Å². The lowest BCUT2D eigenvalue weighted by molar-refractivity contribution is -0.115. The van der Waals surface area contributed by atoms with Gasteiger partial charge in [0.15, 0.2) is 9.84 Å². The molecule has 0 bridgehead atoms. The molecule has 8 nitrogen and oxygen atoms in total. The smallest absolute Gasteiger partial charge is 0.322 e. The second kappa shape index (κ2) is 7.81. The zero-order valence-corrected chi connectivity index (χ0v) is 16.4. The van der Waals surface area contributed by atoms with Crippen molar-refractivity contribution < 1.29 is 22.4 Å². The molecule has 146 valence electrons. The van der Waals surface area contributed by atoms with Crippen molar-refractivity contribution in [1.82, 2.24) is 10.2 Å². The van der Waals surface area contributed by atoms with Crippen molar-refractivity contribution in [3.63, 3.8) is 0 Å². The van der Waals surface area contributed by atoms with Crippen LogP contribution in [0.25, 0.3) is 11.5 Å². The fourth-order valence-corrected chi connectivity index (χ4v) is 3.32. The van der Waals surface area contributed by atoms with E-state index in [9.17, 15) is 13.2 Å². The molecule has 0 spiro atoms. The maximum Gasteiger partial charge on any atom is 0.322 e. The molecule has 3 rings (SSSR count). The molecule has 0 saturated carbocycles. The molecule has 28 heavy (non-hydrogen) atoms. The number of hydrogen-bond donors (Lipinski definition) is 1. The molecule has 1 amide bonds. The maximum atomic E-state index is 12.2. The van der Waals surface area contributed by atoms with Crippen molar-refractivity contribution in [2.75, 3.05) is 18.7 Å². The molecule has 0 aliphatic carbocycles. The molecule has 3 aromatic rings. The van der Waals surface area contributed by atoms with Crippen LogP contribution in [0.5, 0.6) is 5.75 Å². The third-order valence-corrected chi connectivity index (χ3v) is 5.11. The molecular formula is C19H19N3O5S. The van der Waals surface area contributed by atoms with Gasteiger partial charge in [-0.2, -0.15) is 0 Å². The summed E-state index contributed by atoms with van der Waals surface area (Å²) in [6.45, 7) is 1.90. The monoisotopic (exact) mass is 401 g/mol. The third-order valence-electron chi connectivity index (χ3n) is 4.00. The Bertz CT molecular complexity index is 1120. The molecule has 0 radical (unpaired) electrons. The van der Waals surface area contributed by atoms with Gasteiger partial charge in [-0.25, -0.2) is 8.42 Å². The second-order valence-corrected chi connectivity index (χ2v) is 8.26. The zero-order valence-electron chi connectivity index (χ0n) is 15.6. The summed E-state index contributed by atoms with van der Waals surface area (Å²) in [5.74, 6) is 0.549. The number of hydrogen-bond acceptors (Lipinski definition) is 7. The number of methoxy groups -OCH3 is 1. The average molecular weight is 401 g/mol. The molecule has 1 N–H and O–H groups in total. The lowest BCUT2D eigenvalue weighted by atomic mass is 10.1. The van der Waals surface area contributed by atoms with Crippen LogP contribution < -0.4 is 10.1 Å². The van der Waals surface area contributed by atoms with Gasteiger partial charge in [0.2, 0.25) is 11.8 Å². The van der Waals surface area contributed by atoms with Gasteiger partial charge in [0.25, 0.3) is 0 Å². The Kier molecular flexibility index (Phi) is 5.46. The number of carbonyl (C=O) groups is 1. The number of nitrogens with one attached hydrogen (secondary N) is 1. The minimum Gasteiger partial charge on any atom is -0.496 e. The van der Waals surface area contributed by atoms with Crippen molar-refractivity contribution in [3.05, 3.63) is 53.6 Å². The number of rotatable bonds is 6. The number of sulfone groups is 1. The van der Waals surface area contributed by atoms with Crippen molar-refractivity contribution in [2.24, 2.45) is 0 Å². The predicted octanol–water partition coefficient (Wildman–Crippen LogP) is 2.64. The number of nitrogens with zero attached hydrogens (tertiary/aromatic N) is 2. The summed E-state index contributed by atoms with van der Waals surface area (Å²) in [5.41, 5.74) is 2.19. The topological polar surface area (TPSA) is 111 Å². The SMILES string of the molecule is COc1ccc(CC(=O)Nc2nnc(-c3cccc(S(C)(=O)=O)c3)o2)cc1C. The number of aromatic nitrogens is 2. The van der Waals surface area contributed by atoms with E-state index in [1.54, 1.807) is 31.4 Å². The molecule has 9 heteroatoms. The highest BCUT2D eigenvalue weighted by molar-refractivity contribution is 7.90. The van der Waals surface area contributed by atoms with E-state index in [4.69, 9.17) is 9.15 Å². The van der Waals surface area contributed by atoms with E-state index in [1.807, 2.05) is 13.0 Å². The highest BCUT2D eigenvalue weighted by Gasteiger charge is 2.14. The molecule has 2 aromatic carbocycles. The first kappa shape index (κ1) is 19.6. The first-order valence-corrected chi connectivity index (χ1v) is 10.2. The van der Waals surface area contributed by atoms with Gasteiger partial charge in [0.05, 0.1) is 18.4 Å². The Hall–Kier alpha value is -3.20. The van der Waals surface area contributed by atoms with E-state index in [2.05, 4.69) is 15.5 Å². The van der Waals surface area contributed by atoms with Crippen molar-refractivity contribution in [3.8, 4) is 17.2 Å². The van der Waals surface area contributed by atoms with E-state index < -0.39 is 9.84 Å². The molecule has 0 saturated heterocycles. The zero-order chi connectivity index (χ0) is 20.3. The van der Waals surface area contributed by atoms with Gasteiger partial charge < -0.3 is 9.15 Å². The normalized spacial score (nSPS) is 11.2. The number of benzene rings is 2. The predicted molar refractivity (Wildman–Crippen MR) is 103 cm³/mol. The number of ether oxygens (including phenoxy) is 1. The summed E-state index contributed by atoms with van der Waals surface area (Å²) in [7, 11) is -1.77. The third kappa shape index (κ3) is 4.55. The number of aryl methyl sites for hydroxylation is 1. The molecule has 0 fully saturated rings. The van der Waals surface area contributed by atoms with Crippen LogP contribution in [-0.2, 0) is 21.1 Å². The quantitative estimate of drug-likeness (QED) is 0.676. The van der Waals surface area contributed by atoms with E-state index in [-0.39, 0.29) is 29.1 Å². The minimum atomic E-state index is -3.36. The van der Waals surface area contributed by atoms with Gasteiger partial charge in [-0.1, -0.05) is 23.3 Å². The van der Waals surface area contributed by atoms with Crippen LogP contribution in [0.2, 0.25) is 0 Å². The minimum absolute atomic E-state index is 0.0602. The highest BCUT2D eigenvalue weighted by atomic mass is 32.2. The Morgan fingerprint density at radius 3 is 2.64 bits per heavy atom. The number of anilines is 1. The van der Waals surface area contributed by atoms with E-state index >= 15 is 0 Å². The molecule has 0 aliphatic heterocycles. The van der Waals surface area contributed by atoms with Gasteiger partial charge in [-0.15, -0.1) is 5.10 Å². The molecule has 0 unspecified atom stereocenters. The van der Waals surface area contributed by atoms with Crippen LogP contribution in [0.3, 0.4) is 0 Å². The van der Waals surface area contributed by atoms with Gasteiger partial charge in [0, 0.05) is 11.8 Å². The Morgan fingerprint density at radius 1 is 1.18 bits per heavy atom. The standard InChI is InChI=1S/C19H19N3O5S/c1-12-9-13(7-8-16(12)26-2)10-17(23)20-19-22-21-18(27-19)14-5-4-6-15(11-14)28(3,24)25/h4-9,11H,10H2,1-3H3,(H,20,22,23). The lowest BCUT2D eigenvalue weighted by Crippen LogP contribution is -2.14. The van der Waals surface area contributed by atoms with E-state index in [1.165, 1.54) is 12.1 Å². The fraction of sp³-hybridized carbons (Fsp3) is 0.211. The van der Waals surface area contributed by atoms with Crippen LogP contribution in [0.1, 0.15) is 11.1 Å². The molecule has 1 heterocycles.